The fourth-order valence-corrected chi connectivity index (χ4v) is 1.53. The third-order valence-electron chi connectivity index (χ3n) is 1.74. The fourth-order valence-electron chi connectivity index (χ4n) is 0.997. The van der Waals surface area contributed by atoms with Gasteiger partial charge in [0.25, 0.3) is 0 Å². The van der Waals surface area contributed by atoms with E-state index in [0.717, 1.165) is 4.47 Å². The molecule has 1 rings (SSSR count). The van der Waals surface area contributed by atoms with E-state index in [-0.39, 0.29) is 0 Å². The topological polar surface area (TPSA) is 49.3 Å². The second kappa shape index (κ2) is 5.19. The highest BCUT2D eigenvalue weighted by molar-refractivity contribution is 9.10. The van der Waals surface area contributed by atoms with Crippen LogP contribution < -0.4 is 5.32 Å². The van der Waals surface area contributed by atoms with Gasteiger partial charge < -0.3 is 10.4 Å². The zero-order chi connectivity index (χ0) is 11.4. The number of rotatable bonds is 4. The van der Waals surface area contributed by atoms with Gasteiger partial charge in [-0.2, -0.15) is 0 Å². The van der Waals surface area contributed by atoms with Crippen LogP contribution in [0.25, 0.3) is 0 Å². The second-order valence-electron chi connectivity index (χ2n) is 2.82. The van der Waals surface area contributed by atoms with E-state index in [9.17, 15) is 4.79 Å². The first-order valence-corrected chi connectivity index (χ1v) is 5.28. The molecule has 0 heterocycles. The highest BCUT2D eigenvalue weighted by atomic mass is 79.9. The van der Waals surface area contributed by atoms with E-state index in [2.05, 4.69) is 27.8 Å². The fraction of sp³-hybridized carbons (Fsp3) is 0.100. The molecule has 0 saturated heterocycles. The van der Waals surface area contributed by atoms with Crippen molar-refractivity contribution in [1.29, 1.82) is 0 Å². The first-order valence-electron chi connectivity index (χ1n) is 4.11. The van der Waals surface area contributed by atoms with Crippen molar-refractivity contribution in [3.8, 4) is 0 Å². The third kappa shape index (κ3) is 3.25. The minimum absolute atomic E-state index is 0.536. The van der Waals surface area contributed by atoms with Crippen molar-refractivity contribution in [2.75, 3.05) is 5.32 Å². The molecule has 0 aromatic heterocycles. The summed E-state index contributed by atoms with van der Waals surface area (Å²) in [5.41, 5.74) is 0.620. The molecule has 1 unspecified atom stereocenters. The zero-order valence-corrected chi connectivity index (χ0v) is 10.0. The first-order chi connectivity index (χ1) is 7.04. The van der Waals surface area contributed by atoms with Crippen molar-refractivity contribution in [1.82, 2.24) is 0 Å². The Hall–Kier alpha value is -1.00. The molecule has 0 bridgehead atoms. The Bertz CT molecular complexity index is 395. The Morgan fingerprint density at radius 3 is 2.87 bits per heavy atom. The largest absolute Gasteiger partial charge is 0.479 e. The van der Waals surface area contributed by atoms with E-state index < -0.39 is 12.0 Å². The Kier molecular flexibility index (Phi) is 4.17. The van der Waals surface area contributed by atoms with Crippen LogP contribution in [0, 0.1) is 0 Å². The molecule has 0 aliphatic rings. The quantitative estimate of drug-likeness (QED) is 0.838. The lowest BCUT2D eigenvalue weighted by molar-refractivity contribution is -0.136. The number of carbonyl (C=O) groups is 1. The first kappa shape index (κ1) is 12.1. The standard InChI is InChI=1S/C10H9BrClNO2/c1-2-8(10(14)15)13-9-5-6(12)3-4-7(9)11/h2-5,8,13H,1H2,(H,14,15). The van der Waals surface area contributed by atoms with E-state index in [0.29, 0.717) is 10.7 Å². The monoisotopic (exact) mass is 289 g/mol. The molecule has 3 nitrogen and oxygen atoms in total. The molecular weight excluding hydrogens is 281 g/mol. The van der Waals surface area contributed by atoms with Crippen LogP contribution in [0.1, 0.15) is 0 Å². The van der Waals surface area contributed by atoms with Crippen LogP contribution in [-0.2, 0) is 4.79 Å². The molecule has 0 amide bonds. The molecule has 15 heavy (non-hydrogen) atoms. The molecule has 0 saturated carbocycles. The highest BCUT2D eigenvalue weighted by Gasteiger charge is 2.13. The van der Waals surface area contributed by atoms with Gasteiger partial charge in [-0.05, 0) is 34.1 Å². The normalized spacial score (nSPS) is 11.9. The summed E-state index contributed by atoms with van der Waals surface area (Å²) in [5, 5.41) is 12.1. The summed E-state index contributed by atoms with van der Waals surface area (Å²) in [6.45, 7) is 3.44. The molecule has 1 atom stereocenters. The summed E-state index contributed by atoms with van der Waals surface area (Å²) in [5.74, 6) is -0.989. The van der Waals surface area contributed by atoms with E-state index in [1.807, 2.05) is 0 Å². The molecule has 0 aliphatic carbocycles. The van der Waals surface area contributed by atoms with Gasteiger partial charge in [0, 0.05) is 9.50 Å². The number of hydrogen-bond acceptors (Lipinski definition) is 2. The summed E-state index contributed by atoms with van der Waals surface area (Å²) >= 11 is 9.08. The molecule has 0 spiro atoms. The lowest BCUT2D eigenvalue weighted by atomic mass is 10.2. The molecule has 80 valence electrons. The maximum Gasteiger partial charge on any atom is 0.330 e. The number of aliphatic carboxylic acids is 1. The Balaban J connectivity index is 2.92. The number of hydrogen-bond donors (Lipinski definition) is 2. The van der Waals surface area contributed by atoms with E-state index >= 15 is 0 Å². The molecule has 1 aromatic rings. The van der Waals surface area contributed by atoms with Crippen LogP contribution in [0.15, 0.2) is 35.3 Å². The Labute approximate surface area is 101 Å². The predicted octanol–water partition coefficient (Wildman–Crippen LogP) is 3.15. The number of anilines is 1. The number of benzene rings is 1. The van der Waals surface area contributed by atoms with Gasteiger partial charge >= 0.3 is 5.97 Å². The van der Waals surface area contributed by atoms with Gasteiger partial charge in [0.15, 0.2) is 0 Å². The smallest absolute Gasteiger partial charge is 0.330 e. The summed E-state index contributed by atoms with van der Waals surface area (Å²) in [6.07, 6.45) is 1.32. The van der Waals surface area contributed by atoms with Gasteiger partial charge in [0.1, 0.15) is 6.04 Å². The molecule has 0 radical (unpaired) electrons. The van der Waals surface area contributed by atoms with Gasteiger partial charge in [0.05, 0.1) is 5.69 Å². The van der Waals surface area contributed by atoms with Crippen LogP contribution in [0.3, 0.4) is 0 Å². The van der Waals surface area contributed by atoms with Gasteiger partial charge in [-0.25, -0.2) is 4.79 Å². The minimum Gasteiger partial charge on any atom is -0.479 e. The Morgan fingerprint density at radius 1 is 1.67 bits per heavy atom. The number of carboxylic acids is 1. The van der Waals surface area contributed by atoms with E-state index in [1.54, 1.807) is 18.2 Å². The molecule has 5 heteroatoms. The molecule has 0 fully saturated rings. The van der Waals surface area contributed by atoms with Gasteiger partial charge in [0.2, 0.25) is 0 Å². The van der Waals surface area contributed by atoms with Crippen LogP contribution in [0.2, 0.25) is 5.02 Å². The summed E-state index contributed by atoms with van der Waals surface area (Å²) in [6, 6.07) is 4.26. The van der Waals surface area contributed by atoms with Crippen LogP contribution in [-0.4, -0.2) is 17.1 Å². The van der Waals surface area contributed by atoms with Gasteiger partial charge in [-0.15, -0.1) is 6.58 Å². The lowest BCUT2D eigenvalue weighted by Crippen LogP contribution is -2.26. The SMILES string of the molecule is C=CC(Nc1cc(Cl)ccc1Br)C(=O)O. The maximum atomic E-state index is 10.7. The minimum atomic E-state index is -0.989. The van der Waals surface area contributed by atoms with Crippen LogP contribution in [0.4, 0.5) is 5.69 Å². The van der Waals surface area contributed by atoms with Crippen molar-refractivity contribution >= 4 is 39.2 Å². The molecular formula is C10H9BrClNO2. The van der Waals surface area contributed by atoms with E-state index in [1.165, 1.54) is 6.08 Å². The van der Waals surface area contributed by atoms with Crippen molar-refractivity contribution in [3.05, 3.63) is 40.3 Å². The number of halogens is 2. The van der Waals surface area contributed by atoms with Crippen LogP contribution >= 0.6 is 27.5 Å². The third-order valence-corrected chi connectivity index (χ3v) is 2.67. The van der Waals surface area contributed by atoms with Gasteiger partial charge in [-0.1, -0.05) is 17.7 Å². The average molecular weight is 291 g/mol. The van der Waals surface area contributed by atoms with Gasteiger partial charge in [-0.3, -0.25) is 0 Å². The van der Waals surface area contributed by atoms with E-state index in [4.69, 9.17) is 16.7 Å². The highest BCUT2D eigenvalue weighted by Crippen LogP contribution is 2.26. The molecule has 2 N–H and O–H groups in total. The Morgan fingerprint density at radius 2 is 2.33 bits per heavy atom. The summed E-state index contributed by atoms with van der Waals surface area (Å²) < 4.78 is 0.750. The second-order valence-corrected chi connectivity index (χ2v) is 4.11. The maximum absolute atomic E-state index is 10.7. The average Bonchev–Trinajstić information content (AvgIpc) is 2.18. The van der Waals surface area contributed by atoms with Crippen molar-refractivity contribution in [2.24, 2.45) is 0 Å². The molecule has 0 aliphatic heterocycles. The van der Waals surface area contributed by atoms with Crippen molar-refractivity contribution < 1.29 is 9.90 Å². The van der Waals surface area contributed by atoms with Crippen LogP contribution in [0.5, 0.6) is 0 Å². The number of carboxylic acid groups (broad SMARTS) is 1. The summed E-state index contributed by atoms with van der Waals surface area (Å²) in [4.78, 5) is 10.7. The lowest BCUT2D eigenvalue weighted by Gasteiger charge is -2.13. The number of nitrogens with one attached hydrogen (secondary N) is 1. The summed E-state index contributed by atoms with van der Waals surface area (Å²) in [7, 11) is 0. The van der Waals surface area contributed by atoms with Crippen molar-refractivity contribution in [2.45, 2.75) is 6.04 Å². The van der Waals surface area contributed by atoms with Crippen molar-refractivity contribution in [3.63, 3.8) is 0 Å². The molecule has 1 aromatic carbocycles. The predicted molar refractivity (Wildman–Crippen MR) is 64.4 cm³/mol. The zero-order valence-electron chi connectivity index (χ0n) is 7.71.